The SMILES string of the molecule is CCNC(=O)NC(=O)C(OC(=O)/C=C/c1ccc(OC)c(OC)c1)c1ccccc1. The van der Waals surface area contributed by atoms with E-state index in [9.17, 15) is 14.4 Å². The van der Waals surface area contributed by atoms with Crippen LogP contribution in [0, 0.1) is 0 Å². The van der Waals surface area contributed by atoms with Gasteiger partial charge in [-0.15, -0.1) is 0 Å². The molecule has 1 atom stereocenters. The minimum absolute atomic E-state index is 0.350. The molecule has 0 saturated carbocycles. The van der Waals surface area contributed by atoms with Crippen LogP contribution in [0.2, 0.25) is 0 Å². The topological polar surface area (TPSA) is 103 Å². The Bertz CT molecular complexity index is 911. The zero-order chi connectivity index (χ0) is 21.9. The third-order valence-electron chi connectivity index (χ3n) is 3.97. The van der Waals surface area contributed by atoms with E-state index in [1.807, 2.05) is 0 Å². The minimum atomic E-state index is -1.28. The first kappa shape index (κ1) is 22.5. The molecule has 1 unspecified atom stereocenters. The Hall–Kier alpha value is -3.81. The molecule has 0 heterocycles. The summed E-state index contributed by atoms with van der Waals surface area (Å²) in [5, 5.41) is 4.62. The number of ether oxygens (including phenoxy) is 3. The summed E-state index contributed by atoms with van der Waals surface area (Å²) in [4.78, 5) is 36.5. The van der Waals surface area contributed by atoms with Gasteiger partial charge in [0.05, 0.1) is 14.2 Å². The highest BCUT2D eigenvalue weighted by molar-refractivity contribution is 5.98. The van der Waals surface area contributed by atoms with Crippen LogP contribution >= 0.6 is 0 Å². The molecule has 0 aromatic heterocycles. The van der Waals surface area contributed by atoms with Crippen LogP contribution in [-0.4, -0.2) is 38.7 Å². The lowest BCUT2D eigenvalue weighted by atomic mass is 10.1. The summed E-state index contributed by atoms with van der Waals surface area (Å²) in [5.74, 6) is -0.426. The predicted octanol–water partition coefficient (Wildman–Crippen LogP) is 2.85. The molecule has 158 valence electrons. The van der Waals surface area contributed by atoms with Crippen LogP contribution < -0.4 is 20.1 Å². The third kappa shape index (κ3) is 6.37. The van der Waals surface area contributed by atoms with Crippen molar-refractivity contribution in [2.45, 2.75) is 13.0 Å². The molecule has 30 heavy (non-hydrogen) atoms. The number of hydrogen-bond donors (Lipinski definition) is 2. The van der Waals surface area contributed by atoms with E-state index in [0.29, 0.717) is 29.2 Å². The van der Waals surface area contributed by atoms with E-state index in [1.165, 1.54) is 26.4 Å². The fraction of sp³-hybridized carbons (Fsp3) is 0.227. The zero-order valence-electron chi connectivity index (χ0n) is 17.0. The van der Waals surface area contributed by atoms with E-state index in [1.54, 1.807) is 55.5 Å². The van der Waals surface area contributed by atoms with Crippen LogP contribution in [0.4, 0.5) is 4.79 Å². The largest absolute Gasteiger partial charge is 0.493 e. The summed E-state index contributed by atoms with van der Waals surface area (Å²) in [5.41, 5.74) is 1.11. The van der Waals surface area contributed by atoms with Gasteiger partial charge in [0.25, 0.3) is 5.91 Å². The summed E-state index contributed by atoms with van der Waals surface area (Å²) in [6.07, 6.45) is 1.43. The number of hydrogen-bond acceptors (Lipinski definition) is 6. The highest BCUT2D eigenvalue weighted by Crippen LogP contribution is 2.28. The first-order valence-corrected chi connectivity index (χ1v) is 9.22. The van der Waals surface area contributed by atoms with Gasteiger partial charge in [-0.05, 0) is 30.7 Å². The summed E-state index contributed by atoms with van der Waals surface area (Å²) in [6, 6.07) is 12.9. The van der Waals surface area contributed by atoms with Gasteiger partial charge in [-0.1, -0.05) is 36.4 Å². The normalized spacial score (nSPS) is 11.4. The van der Waals surface area contributed by atoms with Gasteiger partial charge < -0.3 is 19.5 Å². The second-order valence-electron chi connectivity index (χ2n) is 6.02. The zero-order valence-corrected chi connectivity index (χ0v) is 17.0. The van der Waals surface area contributed by atoms with Gasteiger partial charge in [0.1, 0.15) is 0 Å². The molecule has 0 radical (unpaired) electrons. The Morgan fingerprint density at radius 2 is 1.70 bits per heavy atom. The van der Waals surface area contributed by atoms with E-state index >= 15 is 0 Å². The third-order valence-corrected chi connectivity index (χ3v) is 3.97. The Kier molecular flexibility index (Phi) is 8.43. The van der Waals surface area contributed by atoms with Crippen LogP contribution in [0.25, 0.3) is 6.08 Å². The van der Waals surface area contributed by atoms with Crippen molar-refractivity contribution in [3.63, 3.8) is 0 Å². The van der Waals surface area contributed by atoms with Gasteiger partial charge in [0.2, 0.25) is 6.10 Å². The smallest absolute Gasteiger partial charge is 0.331 e. The van der Waals surface area contributed by atoms with Crippen molar-refractivity contribution in [3.05, 3.63) is 65.7 Å². The van der Waals surface area contributed by atoms with E-state index in [2.05, 4.69) is 10.6 Å². The van der Waals surface area contributed by atoms with Crippen molar-refractivity contribution >= 4 is 24.0 Å². The highest BCUT2D eigenvalue weighted by Gasteiger charge is 2.25. The molecular weight excluding hydrogens is 388 g/mol. The molecule has 2 aromatic carbocycles. The van der Waals surface area contributed by atoms with Gasteiger partial charge in [-0.2, -0.15) is 0 Å². The van der Waals surface area contributed by atoms with Crippen molar-refractivity contribution in [1.82, 2.24) is 10.6 Å². The van der Waals surface area contributed by atoms with Crippen molar-refractivity contribution in [1.29, 1.82) is 0 Å². The van der Waals surface area contributed by atoms with Crippen molar-refractivity contribution in [2.24, 2.45) is 0 Å². The summed E-state index contributed by atoms with van der Waals surface area (Å²) in [6.45, 7) is 2.07. The molecular formula is C22H24N2O6. The number of imide groups is 1. The lowest BCUT2D eigenvalue weighted by Gasteiger charge is -2.16. The number of methoxy groups -OCH3 is 2. The van der Waals surface area contributed by atoms with Gasteiger partial charge in [-0.3, -0.25) is 10.1 Å². The van der Waals surface area contributed by atoms with E-state index < -0.39 is 24.0 Å². The Labute approximate surface area is 174 Å². The first-order chi connectivity index (χ1) is 14.5. The Morgan fingerprint density at radius 1 is 1.00 bits per heavy atom. The molecule has 0 fully saturated rings. The second kappa shape index (κ2) is 11.3. The number of amides is 3. The molecule has 8 heteroatoms. The standard InChI is InChI=1S/C22H24N2O6/c1-4-23-22(27)24-21(26)20(16-8-6-5-7-9-16)30-19(25)13-11-15-10-12-17(28-2)18(14-15)29-3/h5-14,20H,4H2,1-3H3,(H2,23,24,26,27)/b13-11+. The molecule has 0 aliphatic rings. The minimum Gasteiger partial charge on any atom is -0.493 e. The lowest BCUT2D eigenvalue weighted by molar-refractivity contribution is -0.151. The van der Waals surface area contributed by atoms with Crippen LogP contribution in [0.5, 0.6) is 11.5 Å². The molecule has 0 aliphatic heterocycles. The Morgan fingerprint density at radius 3 is 2.33 bits per heavy atom. The number of nitrogens with one attached hydrogen (secondary N) is 2. The average molecular weight is 412 g/mol. The lowest BCUT2D eigenvalue weighted by Crippen LogP contribution is -2.42. The predicted molar refractivity (Wildman–Crippen MR) is 111 cm³/mol. The Balaban J connectivity index is 2.15. The molecule has 3 amide bonds. The molecule has 0 aliphatic carbocycles. The molecule has 0 saturated heterocycles. The number of rotatable bonds is 8. The molecule has 2 aromatic rings. The van der Waals surface area contributed by atoms with Crippen molar-refractivity contribution in [3.8, 4) is 11.5 Å². The second-order valence-corrected chi connectivity index (χ2v) is 6.02. The fourth-order valence-electron chi connectivity index (χ4n) is 2.56. The summed E-state index contributed by atoms with van der Waals surface area (Å²) in [7, 11) is 3.04. The molecule has 8 nitrogen and oxygen atoms in total. The van der Waals surface area contributed by atoms with E-state index in [4.69, 9.17) is 14.2 Å². The van der Waals surface area contributed by atoms with Gasteiger partial charge in [-0.25, -0.2) is 9.59 Å². The maximum Gasteiger partial charge on any atom is 0.331 e. The molecule has 0 bridgehead atoms. The number of esters is 1. The number of carbonyl (C=O) groups is 3. The van der Waals surface area contributed by atoms with Crippen LogP contribution in [0.1, 0.15) is 24.2 Å². The highest BCUT2D eigenvalue weighted by atomic mass is 16.5. The maximum absolute atomic E-state index is 12.5. The van der Waals surface area contributed by atoms with Crippen molar-refractivity contribution in [2.75, 3.05) is 20.8 Å². The number of urea groups is 1. The van der Waals surface area contributed by atoms with Gasteiger partial charge in [0, 0.05) is 18.2 Å². The summed E-state index contributed by atoms with van der Waals surface area (Å²) < 4.78 is 15.7. The van der Waals surface area contributed by atoms with E-state index in [0.717, 1.165) is 0 Å². The van der Waals surface area contributed by atoms with Crippen LogP contribution in [-0.2, 0) is 14.3 Å². The quantitative estimate of drug-likeness (QED) is 0.511. The first-order valence-electron chi connectivity index (χ1n) is 9.22. The van der Waals surface area contributed by atoms with Crippen LogP contribution in [0.15, 0.2) is 54.6 Å². The van der Waals surface area contributed by atoms with Crippen LogP contribution in [0.3, 0.4) is 0 Å². The average Bonchev–Trinajstić information content (AvgIpc) is 2.76. The number of benzene rings is 2. The molecule has 0 spiro atoms. The molecule has 2 N–H and O–H groups in total. The van der Waals surface area contributed by atoms with Gasteiger partial charge in [0.15, 0.2) is 11.5 Å². The fourth-order valence-corrected chi connectivity index (χ4v) is 2.56. The van der Waals surface area contributed by atoms with E-state index in [-0.39, 0.29) is 0 Å². The monoisotopic (exact) mass is 412 g/mol. The van der Waals surface area contributed by atoms with Crippen molar-refractivity contribution < 1.29 is 28.6 Å². The summed E-state index contributed by atoms with van der Waals surface area (Å²) >= 11 is 0. The maximum atomic E-state index is 12.5. The molecule has 2 rings (SSSR count). The van der Waals surface area contributed by atoms with Gasteiger partial charge >= 0.3 is 12.0 Å². The number of carbonyl (C=O) groups excluding carboxylic acids is 3.